The number of aliphatic hydroxyl groups is 1. The Balaban J connectivity index is 4.63. The van der Waals surface area contributed by atoms with Gasteiger partial charge in [-0.25, -0.2) is 4.57 Å². The van der Waals surface area contributed by atoms with Gasteiger partial charge in [0.05, 0.1) is 39.9 Å². The second kappa shape index (κ2) is 28.2. The second-order valence-corrected chi connectivity index (χ2v) is 14.7. The van der Waals surface area contributed by atoms with Crippen molar-refractivity contribution in [3.8, 4) is 0 Å². The van der Waals surface area contributed by atoms with Gasteiger partial charge in [-0.1, -0.05) is 122 Å². The summed E-state index contributed by atoms with van der Waals surface area (Å²) >= 11 is 0. The standard InChI is InChI=1S/C35H69N2O6P/c1-6-8-10-12-14-16-17-18-19-21-22-24-26-28-34(38)33(32-43-44(40,41)42-31-30-37(3,4)5)36-35(39)29-27-25-23-20-15-13-11-9-7-2/h20,23,26,28,33-34,38H,6-19,21-22,24-25,27,29-32H2,1-5H3,(H-,36,39,40,41)/p+1/b23-20-,28-26+. The van der Waals surface area contributed by atoms with E-state index >= 15 is 0 Å². The molecule has 3 unspecified atom stereocenters. The van der Waals surface area contributed by atoms with Gasteiger partial charge in [0.25, 0.3) is 0 Å². The normalized spacial score (nSPS) is 15.2. The minimum Gasteiger partial charge on any atom is -0.387 e. The third kappa shape index (κ3) is 29.7. The van der Waals surface area contributed by atoms with Gasteiger partial charge in [0, 0.05) is 6.42 Å². The van der Waals surface area contributed by atoms with E-state index in [1.807, 2.05) is 27.2 Å². The molecule has 0 heterocycles. The molecule has 44 heavy (non-hydrogen) atoms. The first-order valence-electron chi connectivity index (χ1n) is 17.7. The van der Waals surface area contributed by atoms with Crippen molar-refractivity contribution in [2.75, 3.05) is 40.9 Å². The molecule has 0 radical (unpaired) electrons. The molecule has 8 nitrogen and oxygen atoms in total. The number of nitrogens with one attached hydrogen (secondary N) is 1. The van der Waals surface area contributed by atoms with Gasteiger partial charge >= 0.3 is 7.82 Å². The van der Waals surface area contributed by atoms with Crippen molar-refractivity contribution in [3.63, 3.8) is 0 Å². The average Bonchev–Trinajstić information content (AvgIpc) is 2.95. The van der Waals surface area contributed by atoms with Crippen molar-refractivity contribution >= 4 is 13.7 Å². The van der Waals surface area contributed by atoms with Crippen LogP contribution in [-0.4, -0.2) is 73.4 Å². The van der Waals surface area contributed by atoms with Crippen LogP contribution in [0, 0.1) is 0 Å². The topological polar surface area (TPSA) is 105 Å². The van der Waals surface area contributed by atoms with E-state index in [4.69, 9.17) is 9.05 Å². The van der Waals surface area contributed by atoms with E-state index in [0.717, 1.165) is 32.1 Å². The number of phosphoric acid groups is 1. The molecule has 0 saturated carbocycles. The lowest BCUT2D eigenvalue weighted by molar-refractivity contribution is -0.870. The number of allylic oxidation sites excluding steroid dienone is 3. The van der Waals surface area contributed by atoms with Gasteiger partial charge in [0.2, 0.25) is 5.91 Å². The van der Waals surface area contributed by atoms with Crippen LogP contribution in [0.3, 0.4) is 0 Å². The third-order valence-corrected chi connectivity index (χ3v) is 8.65. The van der Waals surface area contributed by atoms with Gasteiger partial charge in [0.1, 0.15) is 13.2 Å². The van der Waals surface area contributed by atoms with Crippen LogP contribution in [0.2, 0.25) is 0 Å². The molecule has 3 N–H and O–H groups in total. The van der Waals surface area contributed by atoms with E-state index in [-0.39, 0.29) is 19.1 Å². The fourth-order valence-electron chi connectivity index (χ4n) is 4.75. The lowest BCUT2D eigenvalue weighted by atomic mass is 10.0. The highest BCUT2D eigenvalue weighted by molar-refractivity contribution is 7.47. The van der Waals surface area contributed by atoms with Gasteiger partial charge in [-0.2, -0.15) is 0 Å². The van der Waals surface area contributed by atoms with Gasteiger partial charge in [-0.3, -0.25) is 13.8 Å². The molecular weight excluding hydrogens is 575 g/mol. The molecule has 0 aliphatic heterocycles. The Labute approximate surface area is 271 Å². The Morgan fingerprint density at radius 1 is 0.750 bits per heavy atom. The Kier molecular flexibility index (Phi) is 27.6. The Morgan fingerprint density at radius 3 is 1.77 bits per heavy atom. The van der Waals surface area contributed by atoms with Gasteiger partial charge in [-0.15, -0.1) is 0 Å². The summed E-state index contributed by atoms with van der Waals surface area (Å²) in [6, 6.07) is -0.854. The van der Waals surface area contributed by atoms with Crippen LogP contribution in [0.1, 0.15) is 142 Å². The zero-order valence-electron chi connectivity index (χ0n) is 29.1. The maximum Gasteiger partial charge on any atom is 0.472 e. The number of nitrogens with zero attached hydrogens (tertiary/aromatic N) is 1. The van der Waals surface area contributed by atoms with Crippen LogP contribution >= 0.6 is 7.82 Å². The number of carbonyl (C=O) groups is 1. The summed E-state index contributed by atoms with van der Waals surface area (Å²) < 4.78 is 23.3. The summed E-state index contributed by atoms with van der Waals surface area (Å²) in [5, 5.41) is 13.6. The van der Waals surface area contributed by atoms with E-state index in [0.29, 0.717) is 23.9 Å². The van der Waals surface area contributed by atoms with Crippen LogP contribution in [0.15, 0.2) is 24.3 Å². The summed E-state index contributed by atoms with van der Waals surface area (Å²) in [6.07, 6.45) is 29.6. The number of carbonyl (C=O) groups excluding carboxylic acids is 1. The largest absolute Gasteiger partial charge is 0.472 e. The van der Waals surface area contributed by atoms with Crippen molar-refractivity contribution in [1.29, 1.82) is 0 Å². The first-order valence-corrected chi connectivity index (χ1v) is 19.2. The maximum absolute atomic E-state index is 12.7. The zero-order chi connectivity index (χ0) is 32.9. The summed E-state index contributed by atoms with van der Waals surface area (Å²) in [5.41, 5.74) is 0. The Hall–Kier alpha value is -1.02. The van der Waals surface area contributed by atoms with E-state index in [1.165, 1.54) is 83.5 Å². The van der Waals surface area contributed by atoms with E-state index in [1.54, 1.807) is 6.08 Å². The van der Waals surface area contributed by atoms with Crippen molar-refractivity contribution in [2.24, 2.45) is 0 Å². The third-order valence-electron chi connectivity index (χ3n) is 7.67. The molecule has 0 saturated heterocycles. The van der Waals surface area contributed by atoms with Crippen molar-refractivity contribution < 1.29 is 32.9 Å². The lowest BCUT2D eigenvalue weighted by Gasteiger charge is -2.25. The fourth-order valence-corrected chi connectivity index (χ4v) is 5.48. The van der Waals surface area contributed by atoms with Crippen LogP contribution < -0.4 is 5.32 Å². The number of amides is 1. The number of hydrogen-bond donors (Lipinski definition) is 3. The average molecular weight is 646 g/mol. The highest BCUT2D eigenvalue weighted by Gasteiger charge is 2.27. The number of aliphatic hydroxyl groups excluding tert-OH is 1. The number of rotatable bonds is 31. The van der Waals surface area contributed by atoms with Crippen LogP contribution in [0.25, 0.3) is 0 Å². The number of hydrogen-bond acceptors (Lipinski definition) is 5. The van der Waals surface area contributed by atoms with E-state index < -0.39 is 20.0 Å². The van der Waals surface area contributed by atoms with Crippen molar-refractivity contribution in [1.82, 2.24) is 5.32 Å². The highest BCUT2D eigenvalue weighted by Crippen LogP contribution is 2.43. The number of likely N-dealkylation sites (N-methyl/N-ethyl adjacent to an activating group) is 1. The molecule has 0 aromatic rings. The molecule has 1 amide bonds. The quantitative estimate of drug-likeness (QED) is 0.0302. The summed E-state index contributed by atoms with van der Waals surface area (Å²) in [5.74, 6) is -0.216. The van der Waals surface area contributed by atoms with E-state index in [2.05, 4.69) is 31.3 Å². The van der Waals surface area contributed by atoms with Gasteiger partial charge in [0.15, 0.2) is 0 Å². The molecule has 9 heteroatoms. The first kappa shape index (κ1) is 43.0. The minimum absolute atomic E-state index is 0.0574. The van der Waals surface area contributed by atoms with Crippen LogP contribution in [0.4, 0.5) is 0 Å². The van der Waals surface area contributed by atoms with Gasteiger partial charge < -0.3 is 19.8 Å². The summed E-state index contributed by atoms with van der Waals surface area (Å²) in [4.78, 5) is 22.8. The summed E-state index contributed by atoms with van der Waals surface area (Å²) in [6.45, 7) is 4.72. The molecule has 0 aliphatic carbocycles. The molecule has 0 bridgehead atoms. The molecular formula is C35H70N2O6P+. The number of unbranched alkanes of at least 4 members (excludes halogenated alkanes) is 16. The molecule has 260 valence electrons. The zero-order valence-corrected chi connectivity index (χ0v) is 30.0. The summed E-state index contributed by atoms with van der Waals surface area (Å²) in [7, 11) is 1.55. The highest BCUT2D eigenvalue weighted by atomic mass is 31.2. The number of phosphoric ester groups is 1. The van der Waals surface area contributed by atoms with E-state index in [9.17, 15) is 19.4 Å². The van der Waals surface area contributed by atoms with Crippen molar-refractivity contribution in [2.45, 2.75) is 154 Å². The SMILES string of the molecule is CCCCCC/C=C\CCCC(=O)NC(COP(=O)(O)OCC[N+](C)(C)C)C(O)/C=C/CCCCCCCCCCCCC. The van der Waals surface area contributed by atoms with Crippen LogP contribution in [0.5, 0.6) is 0 Å². The molecule has 0 spiro atoms. The second-order valence-electron chi connectivity index (χ2n) is 13.2. The minimum atomic E-state index is -4.33. The predicted octanol–water partition coefficient (Wildman–Crippen LogP) is 8.63. The molecule has 0 aromatic carbocycles. The first-order chi connectivity index (χ1) is 21.0. The lowest BCUT2D eigenvalue weighted by Crippen LogP contribution is -2.45. The maximum atomic E-state index is 12.7. The molecule has 3 atom stereocenters. The van der Waals surface area contributed by atoms with Crippen LogP contribution in [-0.2, 0) is 18.4 Å². The molecule has 0 aromatic heterocycles. The Morgan fingerprint density at radius 2 is 1.23 bits per heavy atom. The Bertz CT molecular complexity index is 784. The smallest absolute Gasteiger partial charge is 0.387 e. The molecule has 0 rings (SSSR count). The molecule has 0 fully saturated rings. The number of quaternary nitrogens is 1. The predicted molar refractivity (Wildman–Crippen MR) is 185 cm³/mol. The monoisotopic (exact) mass is 645 g/mol. The van der Waals surface area contributed by atoms with Crippen molar-refractivity contribution in [3.05, 3.63) is 24.3 Å². The fraction of sp³-hybridized carbons (Fsp3) is 0.857. The van der Waals surface area contributed by atoms with Gasteiger partial charge in [-0.05, 0) is 38.5 Å². The molecule has 0 aliphatic rings.